The topological polar surface area (TPSA) is 65.7 Å². The summed E-state index contributed by atoms with van der Waals surface area (Å²) in [7, 11) is 3.27. The van der Waals surface area contributed by atoms with Crippen molar-refractivity contribution in [3.05, 3.63) is 77.2 Å². The maximum absolute atomic E-state index is 13.1. The van der Waals surface area contributed by atoms with Gasteiger partial charge in [-0.1, -0.05) is 36.4 Å². The standard InChI is InChI=1S/C25H23N3O3/c1-15-24(16-7-5-4-6-8-16)25-26-21-11-17(12-22(29)20(21)14-28(25)27-15)19-10-9-18(30-2)13-23(19)31-3/h4-10,13-14,17H,11-12H2,1-3H3. The first kappa shape index (κ1) is 19.3. The lowest BCUT2D eigenvalue weighted by Crippen LogP contribution is -2.21. The van der Waals surface area contributed by atoms with Crippen molar-refractivity contribution in [2.45, 2.75) is 25.7 Å². The molecule has 5 rings (SSSR count). The smallest absolute Gasteiger partial charge is 0.166 e. The van der Waals surface area contributed by atoms with Gasteiger partial charge in [-0.3, -0.25) is 4.79 Å². The number of ketones is 1. The van der Waals surface area contributed by atoms with Crippen molar-refractivity contribution < 1.29 is 14.3 Å². The van der Waals surface area contributed by atoms with E-state index in [-0.39, 0.29) is 11.7 Å². The van der Waals surface area contributed by atoms with Gasteiger partial charge in [0.15, 0.2) is 11.4 Å². The molecule has 6 heteroatoms. The Hall–Kier alpha value is -3.67. The molecule has 1 atom stereocenters. The summed E-state index contributed by atoms with van der Waals surface area (Å²) in [5.74, 6) is 1.53. The highest BCUT2D eigenvalue weighted by Crippen LogP contribution is 2.39. The predicted octanol–water partition coefficient (Wildman–Crippen LogP) is 4.63. The summed E-state index contributed by atoms with van der Waals surface area (Å²) in [4.78, 5) is 18.0. The predicted molar refractivity (Wildman–Crippen MR) is 118 cm³/mol. The molecule has 2 aromatic carbocycles. The number of aromatic nitrogens is 3. The van der Waals surface area contributed by atoms with Crippen LogP contribution in [0.2, 0.25) is 0 Å². The minimum Gasteiger partial charge on any atom is -0.497 e. The van der Waals surface area contributed by atoms with E-state index in [1.807, 2.05) is 49.5 Å². The van der Waals surface area contributed by atoms with Gasteiger partial charge in [-0.2, -0.15) is 5.10 Å². The summed E-state index contributed by atoms with van der Waals surface area (Å²) in [5.41, 5.74) is 6.19. The Morgan fingerprint density at radius 3 is 2.58 bits per heavy atom. The Morgan fingerprint density at radius 2 is 1.84 bits per heavy atom. The largest absolute Gasteiger partial charge is 0.497 e. The molecule has 0 saturated carbocycles. The summed E-state index contributed by atoms with van der Waals surface area (Å²) in [5, 5.41) is 4.62. The highest BCUT2D eigenvalue weighted by Gasteiger charge is 2.30. The molecule has 0 N–H and O–H groups in total. The normalized spacial score (nSPS) is 15.7. The van der Waals surface area contributed by atoms with Crippen LogP contribution in [0.5, 0.6) is 11.5 Å². The fraction of sp³-hybridized carbons (Fsp3) is 0.240. The third-order valence-electron chi connectivity index (χ3n) is 5.98. The zero-order chi connectivity index (χ0) is 21.5. The van der Waals surface area contributed by atoms with E-state index in [0.717, 1.165) is 45.2 Å². The number of Topliss-reactive ketones (excluding diaryl/α,β-unsaturated/α-hetero) is 1. The molecule has 2 heterocycles. The lowest BCUT2D eigenvalue weighted by molar-refractivity contribution is 0.0962. The number of hydrogen-bond acceptors (Lipinski definition) is 5. The molecule has 0 bridgehead atoms. The van der Waals surface area contributed by atoms with E-state index < -0.39 is 0 Å². The monoisotopic (exact) mass is 413 g/mol. The van der Waals surface area contributed by atoms with Crippen LogP contribution in [-0.4, -0.2) is 34.6 Å². The minimum absolute atomic E-state index is 0.000000210. The average molecular weight is 413 g/mol. The maximum Gasteiger partial charge on any atom is 0.166 e. The number of aryl methyl sites for hydroxylation is 1. The first-order valence-electron chi connectivity index (χ1n) is 10.3. The number of carbonyl (C=O) groups excluding carboxylic acids is 1. The fourth-order valence-electron chi connectivity index (χ4n) is 4.46. The van der Waals surface area contributed by atoms with Gasteiger partial charge >= 0.3 is 0 Å². The van der Waals surface area contributed by atoms with Crippen molar-refractivity contribution >= 4 is 11.4 Å². The third kappa shape index (κ3) is 3.24. The van der Waals surface area contributed by atoms with Crippen LogP contribution in [0.3, 0.4) is 0 Å². The van der Waals surface area contributed by atoms with Gasteiger partial charge in [-0.25, -0.2) is 9.50 Å². The van der Waals surface area contributed by atoms with Crippen molar-refractivity contribution in [1.29, 1.82) is 0 Å². The quantitative estimate of drug-likeness (QED) is 0.488. The van der Waals surface area contributed by atoms with Crippen molar-refractivity contribution in [2.24, 2.45) is 0 Å². The molecule has 6 nitrogen and oxygen atoms in total. The number of rotatable bonds is 4. The number of methoxy groups -OCH3 is 2. The summed E-state index contributed by atoms with van der Waals surface area (Å²) >= 11 is 0. The number of ether oxygens (including phenoxy) is 2. The molecule has 2 aromatic heterocycles. The zero-order valence-electron chi connectivity index (χ0n) is 17.8. The van der Waals surface area contributed by atoms with E-state index in [1.54, 1.807) is 18.7 Å². The highest BCUT2D eigenvalue weighted by molar-refractivity contribution is 5.99. The lowest BCUT2D eigenvalue weighted by Gasteiger charge is -2.25. The first-order chi connectivity index (χ1) is 15.1. The van der Waals surface area contributed by atoms with Crippen LogP contribution < -0.4 is 9.47 Å². The van der Waals surface area contributed by atoms with E-state index in [1.165, 1.54) is 0 Å². The molecule has 0 saturated heterocycles. The molecule has 1 aliphatic carbocycles. The lowest BCUT2D eigenvalue weighted by atomic mass is 9.81. The SMILES string of the molecule is COc1ccc(C2CC(=O)c3cn4nc(C)c(-c5ccccc5)c4nc3C2)c(OC)c1. The number of benzene rings is 2. The minimum atomic E-state index is -0.000000210. The summed E-state index contributed by atoms with van der Waals surface area (Å²) in [6.07, 6.45) is 2.91. The second kappa shape index (κ2) is 7.54. The summed E-state index contributed by atoms with van der Waals surface area (Å²) in [6, 6.07) is 15.9. The molecular weight excluding hydrogens is 390 g/mol. The molecule has 0 fully saturated rings. The zero-order valence-corrected chi connectivity index (χ0v) is 17.8. The number of hydrogen-bond donors (Lipinski definition) is 0. The number of carbonyl (C=O) groups is 1. The van der Waals surface area contributed by atoms with E-state index in [4.69, 9.17) is 14.5 Å². The van der Waals surface area contributed by atoms with Crippen LogP contribution in [-0.2, 0) is 6.42 Å². The molecule has 0 amide bonds. The van der Waals surface area contributed by atoms with Gasteiger partial charge in [-0.05, 0) is 30.5 Å². The second-order valence-electron chi connectivity index (χ2n) is 7.83. The van der Waals surface area contributed by atoms with Gasteiger partial charge in [0.05, 0.1) is 31.2 Å². The fourth-order valence-corrected chi connectivity index (χ4v) is 4.46. The van der Waals surface area contributed by atoms with Crippen molar-refractivity contribution in [1.82, 2.24) is 14.6 Å². The highest BCUT2D eigenvalue weighted by atomic mass is 16.5. The Balaban J connectivity index is 1.61. The molecule has 0 aliphatic heterocycles. The Bertz CT molecular complexity index is 1290. The molecular formula is C25H23N3O3. The average Bonchev–Trinajstić information content (AvgIpc) is 3.12. The summed E-state index contributed by atoms with van der Waals surface area (Å²) < 4.78 is 12.6. The van der Waals surface area contributed by atoms with Gasteiger partial charge in [0.25, 0.3) is 0 Å². The Labute approximate surface area is 180 Å². The second-order valence-corrected chi connectivity index (χ2v) is 7.83. The Kier molecular flexibility index (Phi) is 4.70. The van der Waals surface area contributed by atoms with E-state index in [9.17, 15) is 4.79 Å². The maximum atomic E-state index is 13.1. The molecule has 1 aliphatic rings. The van der Waals surface area contributed by atoms with Crippen LogP contribution in [0, 0.1) is 6.92 Å². The first-order valence-corrected chi connectivity index (χ1v) is 10.3. The van der Waals surface area contributed by atoms with Crippen LogP contribution in [0.4, 0.5) is 0 Å². The van der Waals surface area contributed by atoms with E-state index >= 15 is 0 Å². The molecule has 4 aromatic rings. The van der Waals surface area contributed by atoms with Gasteiger partial charge < -0.3 is 9.47 Å². The molecule has 156 valence electrons. The molecule has 1 unspecified atom stereocenters. The van der Waals surface area contributed by atoms with Crippen molar-refractivity contribution in [3.8, 4) is 22.6 Å². The van der Waals surface area contributed by atoms with Crippen molar-refractivity contribution in [3.63, 3.8) is 0 Å². The van der Waals surface area contributed by atoms with Gasteiger partial charge in [-0.15, -0.1) is 0 Å². The van der Waals surface area contributed by atoms with Crippen LogP contribution >= 0.6 is 0 Å². The van der Waals surface area contributed by atoms with E-state index in [2.05, 4.69) is 17.2 Å². The number of nitrogens with zero attached hydrogens (tertiary/aromatic N) is 3. The Morgan fingerprint density at radius 1 is 1.03 bits per heavy atom. The molecule has 0 spiro atoms. The van der Waals surface area contributed by atoms with Crippen LogP contribution in [0.1, 0.15) is 39.6 Å². The van der Waals surface area contributed by atoms with Crippen LogP contribution in [0.15, 0.2) is 54.7 Å². The van der Waals surface area contributed by atoms with E-state index in [0.29, 0.717) is 18.4 Å². The summed E-state index contributed by atoms with van der Waals surface area (Å²) in [6.45, 7) is 1.98. The molecule has 31 heavy (non-hydrogen) atoms. The molecule has 0 radical (unpaired) electrons. The van der Waals surface area contributed by atoms with Gasteiger partial charge in [0, 0.05) is 30.2 Å². The van der Waals surface area contributed by atoms with Gasteiger partial charge in [0.2, 0.25) is 0 Å². The van der Waals surface area contributed by atoms with Crippen LogP contribution in [0.25, 0.3) is 16.8 Å². The van der Waals surface area contributed by atoms with Gasteiger partial charge in [0.1, 0.15) is 11.5 Å². The number of fused-ring (bicyclic) bond motifs is 2. The third-order valence-corrected chi connectivity index (χ3v) is 5.98. The van der Waals surface area contributed by atoms with Crippen molar-refractivity contribution in [2.75, 3.05) is 14.2 Å².